The fourth-order valence-electron chi connectivity index (χ4n) is 9.77. The Kier molecular flexibility index (Phi) is 28.9. The van der Waals surface area contributed by atoms with Crippen LogP contribution >= 0.6 is 0 Å². The van der Waals surface area contributed by atoms with Crippen molar-refractivity contribution < 1.29 is 98.4 Å². The van der Waals surface area contributed by atoms with E-state index in [1.807, 2.05) is 97.1 Å². The number of amides is 4. The highest BCUT2D eigenvalue weighted by Gasteiger charge is 2.27. The molecule has 512 valence electrons. The van der Waals surface area contributed by atoms with Gasteiger partial charge in [-0.25, -0.2) is 19.2 Å². The zero-order valence-electron chi connectivity index (χ0n) is 52.7. The SMILES string of the molecule is CC(CCC(=O)NC(Cc1c[nH]c2ccccc12)C(=O)O)C(=O)O.CC(CCC(=O)NC(Cc1c[nH]c2ccccc12)C(=O)O)C(=O)O.CC(CCC(=O)NC(Cc1c[nH]c2ccccc12)C(=O)O)C(=O)O.NC(CCC(=O)NC(Cc1c[nH]c2ccccc12)C(=O)O)C(=O)O. The van der Waals surface area contributed by atoms with E-state index in [9.17, 15) is 78.0 Å². The lowest BCUT2D eigenvalue weighted by molar-refractivity contribution is -0.143. The molecule has 4 amide bonds. The minimum Gasteiger partial charge on any atom is -0.481 e. The Balaban J connectivity index is 0.000000231. The quantitative estimate of drug-likeness (QED) is 0.0236. The highest BCUT2D eigenvalue weighted by Crippen LogP contribution is 2.24. The lowest BCUT2D eigenvalue weighted by Gasteiger charge is -2.15. The first kappa shape index (κ1) is 75.4. The first-order valence-corrected chi connectivity index (χ1v) is 30.5. The van der Waals surface area contributed by atoms with Crippen molar-refractivity contribution >= 4 is 115 Å². The Hall–Kier alpha value is -11.4. The van der Waals surface area contributed by atoms with Crippen LogP contribution in [0.2, 0.25) is 0 Å². The first-order valence-electron chi connectivity index (χ1n) is 30.5. The van der Waals surface area contributed by atoms with E-state index in [1.165, 1.54) is 20.8 Å². The van der Waals surface area contributed by atoms with E-state index in [-0.39, 0.29) is 77.0 Å². The number of nitrogens with one attached hydrogen (secondary N) is 8. The average molecular weight is 1330 g/mol. The van der Waals surface area contributed by atoms with E-state index in [0.717, 1.165) is 65.9 Å². The molecule has 18 N–H and O–H groups in total. The van der Waals surface area contributed by atoms with Crippen molar-refractivity contribution in [2.24, 2.45) is 23.5 Å². The molecule has 0 bridgehead atoms. The van der Waals surface area contributed by atoms with E-state index < -0.39 is 119 Å². The van der Waals surface area contributed by atoms with Crippen LogP contribution in [0, 0.1) is 17.8 Å². The molecule has 8 atom stereocenters. The number of H-pyrrole nitrogens is 4. The lowest BCUT2D eigenvalue weighted by atomic mass is 10.0. The second kappa shape index (κ2) is 36.8. The van der Waals surface area contributed by atoms with Crippen LogP contribution in [0.5, 0.6) is 0 Å². The number of carboxylic acids is 8. The molecule has 8 rings (SSSR count). The van der Waals surface area contributed by atoms with E-state index in [1.54, 1.807) is 24.8 Å². The number of aromatic nitrogens is 4. The zero-order valence-corrected chi connectivity index (χ0v) is 52.7. The minimum atomic E-state index is -1.20. The van der Waals surface area contributed by atoms with Gasteiger partial charge in [-0.1, -0.05) is 93.6 Å². The molecule has 96 heavy (non-hydrogen) atoms. The van der Waals surface area contributed by atoms with Crippen molar-refractivity contribution in [3.63, 3.8) is 0 Å². The van der Waals surface area contributed by atoms with Gasteiger partial charge in [0, 0.05) is 120 Å². The summed E-state index contributed by atoms with van der Waals surface area (Å²) in [6.07, 6.45) is 7.73. The van der Waals surface area contributed by atoms with Crippen molar-refractivity contribution in [3.8, 4) is 0 Å². The van der Waals surface area contributed by atoms with Gasteiger partial charge in [-0.05, 0) is 72.2 Å². The van der Waals surface area contributed by atoms with Crippen molar-refractivity contribution in [1.82, 2.24) is 41.2 Å². The molecule has 0 aliphatic heterocycles. The number of carbonyl (C=O) groups excluding carboxylic acids is 4. The second-order valence-electron chi connectivity index (χ2n) is 22.9. The van der Waals surface area contributed by atoms with Gasteiger partial charge in [0.1, 0.15) is 30.2 Å². The van der Waals surface area contributed by atoms with Gasteiger partial charge in [-0.3, -0.25) is 38.4 Å². The number of hydrogen-bond donors (Lipinski definition) is 17. The van der Waals surface area contributed by atoms with Crippen LogP contribution in [0.3, 0.4) is 0 Å². The van der Waals surface area contributed by atoms with Gasteiger partial charge < -0.3 is 87.8 Å². The van der Waals surface area contributed by atoms with Gasteiger partial charge >= 0.3 is 47.8 Å². The molecule has 0 saturated carbocycles. The van der Waals surface area contributed by atoms with Crippen LogP contribution in [-0.4, -0.2) is 162 Å². The molecule has 29 nitrogen and oxygen atoms in total. The third kappa shape index (κ3) is 23.6. The largest absolute Gasteiger partial charge is 0.481 e. The molecule has 8 unspecified atom stereocenters. The van der Waals surface area contributed by atoms with E-state index in [0.29, 0.717) is 0 Å². The number of carbonyl (C=O) groups is 12. The summed E-state index contributed by atoms with van der Waals surface area (Å²) in [4.78, 5) is 148. The van der Waals surface area contributed by atoms with Gasteiger partial charge in [-0.2, -0.15) is 0 Å². The molecule has 8 aromatic rings. The zero-order chi connectivity index (χ0) is 70.8. The number of carboxylic acid groups (broad SMARTS) is 8. The normalized spacial score (nSPS) is 13.4. The number of aliphatic carboxylic acids is 8. The Labute approximate surface area is 548 Å². The fourth-order valence-corrected chi connectivity index (χ4v) is 9.77. The topological polar surface area (TPSA) is 504 Å². The van der Waals surface area contributed by atoms with Gasteiger partial charge in [0.05, 0.1) is 17.8 Å². The summed E-state index contributed by atoms with van der Waals surface area (Å²) in [7, 11) is 0. The smallest absolute Gasteiger partial charge is 0.326 e. The number of nitrogens with two attached hydrogens (primary N) is 1. The molecular formula is C67H79N9O20. The van der Waals surface area contributed by atoms with Crippen LogP contribution in [0.4, 0.5) is 0 Å². The summed E-state index contributed by atoms with van der Waals surface area (Å²) in [6.45, 7) is 4.53. The molecule has 0 aliphatic rings. The lowest BCUT2D eigenvalue weighted by Crippen LogP contribution is -2.43. The number of rotatable bonds is 32. The standard InChI is InChI=1S/3C17H20N2O5.C16H19N3O5/c3*1-10(16(21)22)6-7-15(20)19-14(17(23)24)8-11-9-18-13-5-3-2-4-12(11)13;17-11(15(21)22)5-6-14(20)19-13(16(23)24)7-9-8-18-12-4-2-1-3-10(9)12/h3*2-5,9-10,14,18H,6-8H2,1H3,(H,19,20)(H,21,22)(H,23,24);1-4,8,11,13,18H,5-7,17H2,(H,19,20)(H,21,22)(H,23,24). The summed E-state index contributed by atoms with van der Waals surface area (Å²) in [5, 5.41) is 85.9. The second-order valence-corrected chi connectivity index (χ2v) is 22.9. The summed E-state index contributed by atoms with van der Waals surface area (Å²) < 4.78 is 0. The Morgan fingerprint density at radius 2 is 0.531 bits per heavy atom. The maximum absolute atomic E-state index is 11.9. The molecule has 0 radical (unpaired) electrons. The van der Waals surface area contributed by atoms with Crippen LogP contribution < -0.4 is 27.0 Å². The Morgan fingerprint density at radius 3 is 0.729 bits per heavy atom. The first-order chi connectivity index (χ1) is 45.5. The molecule has 0 spiro atoms. The van der Waals surface area contributed by atoms with E-state index in [2.05, 4.69) is 41.2 Å². The summed E-state index contributed by atoms with van der Waals surface area (Å²) in [5.41, 5.74) is 12.1. The molecule has 4 aromatic carbocycles. The molecule has 0 fully saturated rings. The van der Waals surface area contributed by atoms with Crippen LogP contribution in [0.25, 0.3) is 43.6 Å². The number of hydrogen-bond acceptors (Lipinski definition) is 13. The van der Waals surface area contributed by atoms with Gasteiger partial charge in [-0.15, -0.1) is 0 Å². The predicted octanol–water partition coefficient (Wildman–Crippen LogP) is 5.81. The third-order valence-electron chi connectivity index (χ3n) is 15.6. The van der Waals surface area contributed by atoms with Crippen molar-refractivity contribution in [2.75, 3.05) is 0 Å². The summed E-state index contributed by atoms with van der Waals surface area (Å²) in [5.74, 6) is -12.5. The molecule has 4 heterocycles. The van der Waals surface area contributed by atoms with Crippen LogP contribution in [-0.2, 0) is 83.2 Å². The molecule has 0 aliphatic carbocycles. The highest BCUT2D eigenvalue weighted by molar-refractivity contribution is 5.91. The summed E-state index contributed by atoms with van der Waals surface area (Å²) in [6, 6.07) is 24.6. The number of aromatic amines is 4. The maximum Gasteiger partial charge on any atom is 0.326 e. The third-order valence-corrected chi connectivity index (χ3v) is 15.6. The summed E-state index contributed by atoms with van der Waals surface area (Å²) >= 11 is 0. The Morgan fingerprint density at radius 1 is 0.323 bits per heavy atom. The molecule has 4 aromatic heterocycles. The Bertz CT molecular complexity index is 3520. The number of benzene rings is 4. The molecular weight excluding hydrogens is 1250 g/mol. The number of para-hydroxylation sites is 4. The van der Waals surface area contributed by atoms with Gasteiger partial charge in [0.2, 0.25) is 23.6 Å². The molecule has 29 heteroatoms. The number of fused-ring (bicyclic) bond motifs is 4. The predicted molar refractivity (Wildman–Crippen MR) is 349 cm³/mol. The maximum atomic E-state index is 11.9. The van der Waals surface area contributed by atoms with Crippen molar-refractivity contribution in [2.45, 2.75) is 128 Å². The highest BCUT2D eigenvalue weighted by atomic mass is 16.4. The fraction of sp³-hybridized carbons (Fsp3) is 0.343. The average Bonchev–Trinajstić information content (AvgIpc) is 1.74. The van der Waals surface area contributed by atoms with E-state index >= 15 is 0 Å². The van der Waals surface area contributed by atoms with Crippen LogP contribution in [0.15, 0.2) is 122 Å². The minimum absolute atomic E-state index is 0.0227. The monoisotopic (exact) mass is 1330 g/mol. The molecule has 0 saturated heterocycles. The van der Waals surface area contributed by atoms with Crippen LogP contribution in [0.1, 0.15) is 94.4 Å². The van der Waals surface area contributed by atoms with Crippen molar-refractivity contribution in [3.05, 3.63) is 144 Å². The van der Waals surface area contributed by atoms with Crippen molar-refractivity contribution in [1.29, 1.82) is 0 Å². The van der Waals surface area contributed by atoms with Gasteiger partial charge in [0.15, 0.2) is 0 Å². The van der Waals surface area contributed by atoms with E-state index in [4.69, 9.17) is 26.2 Å². The van der Waals surface area contributed by atoms with Gasteiger partial charge in [0.25, 0.3) is 0 Å².